The van der Waals surface area contributed by atoms with Gasteiger partial charge in [-0.25, -0.2) is 9.18 Å². The van der Waals surface area contributed by atoms with Gasteiger partial charge in [0.25, 0.3) is 0 Å². The number of ether oxygens (including phenoxy) is 2. The molecule has 1 amide bonds. The quantitative estimate of drug-likeness (QED) is 0.799. The summed E-state index contributed by atoms with van der Waals surface area (Å²) < 4.78 is 30.8. The van der Waals surface area contributed by atoms with Gasteiger partial charge in [-0.1, -0.05) is 0 Å². The molecule has 1 aromatic heterocycles. The molecule has 1 aliphatic rings. The van der Waals surface area contributed by atoms with E-state index in [0.29, 0.717) is 17.9 Å². The highest BCUT2D eigenvalue weighted by Gasteiger charge is 2.34. The molecule has 2 N–H and O–H groups in total. The molecule has 0 aliphatic carbocycles. The van der Waals surface area contributed by atoms with Crippen molar-refractivity contribution in [2.45, 2.75) is 45.4 Å². The number of amides is 1. The zero-order chi connectivity index (χ0) is 21.1. The smallest absolute Gasteiger partial charge is 0.413 e. The van der Waals surface area contributed by atoms with E-state index in [-0.39, 0.29) is 13.2 Å². The largest absolute Gasteiger partial charge is 0.467 e. The molecule has 1 aromatic carbocycles. The Hall–Kier alpha value is -2.87. The zero-order valence-corrected chi connectivity index (χ0v) is 17.0. The molecule has 8 heteroatoms. The summed E-state index contributed by atoms with van der Waals surface area (Å²) in [5, 5.41) is 5.79. The number of nitrogens with zero attached hydrogens (tertiary/aromatic N) is 1. The molecule has 1 aliphatic heterocycles. The summed E-state index contributed by atoms with van der Waals surface area (Å²) in [6, 6.07) is 8.39. The normalized spacial score (nSPS) is 19.4. The van der Waals surface area contributed by atoms with Crippen molar-refractivity contribution in [3.8, 4) is 0 Å². The van der Waals surface area contributed by atoms with E-state index in [1.807, 2.05) is 6.07 Å². The van der Waals surface area contributed by atoms with Crippen LogP contribution in [0.4, 0.5) is 14.9 Å². The van der Waals surface area contributed by atoms with Crippen LogP contribution in [0.2, 0.25) is 0 Å². The fourth-order valence-corrected chi connectivity index (χ4v) is 2.98. The van der Waals surface area contributed by atoms with Crippen LogP contribution in [-0.2, 0) is 21.6 Å². The standard InChI is InChI=1S/C21H26FN3O4/c1-20(2,3)29-19(26)24-18-12-27-13-21(4,25-18)16-10-14(7-8-17(16)22)23-11-15-6-5-9-28-15/h5-10,23H,11-13H2,1-4H3,(H,24,25,26)/t21-/m1/s1. The lowest BCUT2D eigenvalue weighted by atomic mass is 9.91. The van der Waals surface area contributed by atoms with Crippen molar-refractivity contribution in [1.29, 1.82) is 0 Å². The van der Waals surface area contributed by atoms with Crippen molar-refractivity contribution in [2.24, 2.45) is 4.99 Å². The second-order valence-electron chi connectivity index (χ2n) is 8.08. The Morgan fingerprint density at radius 1 is 1.34 bits per heavy atom. The first-order valence-electron chi connectivity index (χ1n) is 9.37. The van der Waals surface area contributed by atoms with Crippen molar-refractivity contribution in [2.75, 3.05) is 18.5 Å². The second kappa shape index (κ2) is 8.24. The van der Waals surface area contributed by atoms with Crippen LogP contribution < -0.4 is 10.6 Å². The highest BCUT2D eigenvalue weighted by Crippen LogP contribution is 2.32. The van der Waals surface area contributed by atoms with Crippen molar-refractivity contribution in [3.05, 3.63) is 53.7 Å². The fraction of sp³-hybridized carbons (Fsp3) is 0.429. The minimum atomic E-state index is -0.991. The van der Waals surface area contributed by atoms with Crippen molar-refractivity contribution >= 4 is 17.6 Å². The van der Waals surface area contributed by atoms with Crippen molar-refractivity contribution in [3.63, 3.8) is 0 Å². The van der Waals surface area contributed by atoms with Gasteiger partial charge >= 0.3 is 6.09 Å². The Labute approximate surface area is 169 Å². The maximum absolute atomic E-state index is 14.6. The summed E-state index contributed by atoms with van der Waals surface area (Å²) in [5.74, 6) is 0.660. The number of halogens is 1. The Bertz CT molecular complexity index is 890. The predicted molar refractivity (Wildman–Crippen MR) is 107 cm³/mol. The summed E-state index contributed by atoms with van der Waals surface area (Å²) in [6.45, 7) is 7.85. The molecule has 7 nitrogen and oxygen atoms in total. The molecule has 0 unspecified atom stereocenters. The Balaban J connectivity index is 1.78. The average Bonchev–Trinajstić information content (AvgIpc) is 3.13. The van der Waals surface area contributed by atoms with Gasteiger partial charge in [-0.05, 0) is 58.0 Å². The number of carbonyl (C=O) groups excluding carboxylic acids is 1. The molecule has 0 spiro atoms. The lowest BCUT2D eigenvalue weighted by Crippen LogP contribution is -2.44. The van der Waals surface area contributed by atoms with Crippen LogP contribution in [0.1, 0.15) is 39.0 Å². The average molecular weight is 403 g/mol. The van der Waals surface area contributed by atoms with Gasteiger partial charge in [0.15, 0.2) is 0 Å². The summed E-state index contributed by atoms with van der Waals surface area (Å²) in [6.07, 6.45) is 0.972. The van der Waals surface area contributed by atoms with Crippen LogP contribution in [0.3, 0.4) is 0 Å². The molecule has 29 heavy (non-hydrogen) atoms. The molecule has 2 heterocycles. The maximum atomic E-state index is 14.6. The van der Waals surface area contributed by atoms with Crippen LogP contribution in [0.25, 0.3) is 0 Å². The second-order valence-corrected chi connectivity index (χ2v) is 8.08. The molecule has 1 atom stereocenters. The number of hydrogen-bond donors (Lipinski definition) is 2. The number of aliphatic imine (C=N–C) groups is 1. The van der Waals surface area contributed by atoms with Gasteiger partial charge in [0, 0.05) is 11.3 Å². The third-order valence-electron chi connectivity index (χ3n) is 4.24. The van der Waals surface area contributed by atoms with E-state index in [9.17, 15) is 9.18 Å². The van der Waals surface area contributed by atoms with E-state index in [4.69, 9.17) is 13.9 Å². The van der Waals surface area contributed by atoms with Crippen molar-refractivity contribution in [1.82, 2.24) is 5.32 Å². The van der Waals surface area contributed by atoms with E-state index < -0.39 is 23.1 Å². The monoisotopic (exact) mass is 403 g/mol. The molecule has 0 fully saturated rings. The van der Waals surface area contributed by atoms with E-state index in [0.717, 1.165) is 11.4 Å². The maximum Gasteiger partial charge on any atom is 0.413 e. The highest BCUT2D eigenvalue weighted by molar-refractivity contribution is 5.96. The van der Waals surface area contributed by atoms with Crippen LogP contribution in [-0.4, -0.2) is 30.7 Å². The fourth-order valence-electron chi connectivity index (χ4n) is 2.98. The number of benzene rings is 1. The lowest BCUT2D eigenvalue weighted by Gasteiger charge is -2.32. The summed E-state index contributed by atoms with van der Waals surface area (Å²) in [7, 11) is 0. The summed E-state index contributed by atoms with van der Waals surface area (Å²) >= 11 is 0. The van der Waals surface area contributed by atoms with Gasteiger partial charge < -0.3 is 19.2 Å². The van der Waals surface area contributed by atoms with Gasteiger partial charge in [-0.2, -0.15) is 0 Å². The molecule has 0 radical (unpaired) electrons. The first-order valence-corrected chi connectivity index (χ1v) is 9.37. The van der Waals surface area contributed by atoms with Gasteiger partial charge in [0.05, 0.1) is 19.4 Å². The van der Waals surface area contributed by atoms with Crippen LogP contribution in [0.5, 0.6) is 0 Å². The summed E-state index contributed by atoms with van der Waals surface area (Å²) in [5.41, 5.74) is -0.537. The third kappa shape index (κ3) is 5.57. The number of rotatable bonds is 4. The third-order valence-corrected chi connectivity index (χ3v) is 4.24. The molecular weight excluding hydrogens is 377 g/mol. The van der Waals surface area contributed by atoms with E-state index in [2.05, 4.69) is 15.6 Å². The van der Waals surface area contributed by atoms with Gasteiger partial charge in [0.1, 0.15) is 35.2 Å². The highest BCUT2D eigenvalue weighted by atomic mass is 19.1. The molecular formula is C21H26FN3O4. The Morgan fingerprint density at radius 3 is 2.83 bits per heavy atom. The van der Waals surface area contributed by atoms with Crippen molar-refractivity contribution < 1.29 is 23.1 Å². The van der Waals surface area contributed by atoms with E-state index >= 15 is 0 Å². The SMILES string of the molecule is CC(C)(C)OC(=O)NC1=N[C@@](C)(c2cc(NCc3ccco3)ccc2F)COC1. The van der Waals surface area contributed by atoms with Gasteiger partial charge in [-0.15, -0.1) is 0 Å². The number of nitrogens with one attached hydrogen (secondary N) is 2. The molecule has 156 valence electrons. The first kappa shape index (κ1) is 20.9. The van der Waals surface area contributed by atoms with Gasteiger partial charge in [-0.3, -0.25) is 10.3 Å². The molecule has 2 aromatic rings. The number of amidine groups is 1. The zero-order valence-electron chi connectivity index (χ0n) is 17.0. The minimum Gasteiger partial charge on any atom is -0.467 e. The van der Waals surface area contributed by atoms with Crippen LogP contribution in [0.15, 0.2) is 46.0 Å². The number of furan rings is 1. The molecule has 3 rings (SSSR count). The number of carbonyl (C=O) groups is 1. The topological polar surface area (TPSA) is 85.1 Å². The predicted octanol–water partition coefficient (Wildman–Crippen LogP) is 4.20. The lowest BCUT2D eigenvalue weighted by molar-refractivity contribution is 0.0543. The number of hydrogen-bond acceptors (Lipinski definition) is 6. The molecule has 0 bridgehead atoms. The van der Waals surface area contributed by atoms with E-state index in [1.165, 1.54) is 6.07 Å². The first-order chi connectivity index (χ1) is 13.6. The Kier molecular flexibility index (Phi) is 5.93. The van der Waals surface area contributed by atoms with Gasteiger partial charge in [0.2, 0.25) is 0 Å². The van der Waals surface area contributed by atoms with Crippen LogP contribution in [0, 0.1) is 5.82 Å². The number of anilines is 1. The Morgan fingerprint density at radius 2 is 2.14 bits per heavy atom. The summed E-state index contributed by atoms with van der Waals surface area (Å²) in [4.78, 5) is 16.6. The molecule has 0 saturated heterocycles. The van der Waals surface area contributed by atoms with Crippen LogP contribution >= 0.6 is 0 Å². The van der Waals surface area contributed by atoms with E-state index in [1.54, 1.807) is 52.2 Å². The number of alkyl carbamates (subject to hydrolysis) is 1. The minimum absolute atomic E-state index is 0.118. The molecule has 0 saturated carbocycles.